The minimum absolute atomic E-state index is 0.0614. The Labute approximate surface area is 161 Å². The van der Waals surface area contributed by atoms with Crippen molar-refractivity contribution in [3.05, 3.63) is 23.0 Å². The molecule has 9 nitrogen and oxygen atoms in total. The van der Waals surface area contributed by atoms with E-state index in [4.69, 9.17) is 9.90 Å². The molecule has 2 aromatic rings. The van der Waals surface area contributed by atoms with E-state index in [-0.39, 0.29) is 30.4 Å². The minimum atomic E-state index is -0.250. The predicted octanol–water partition coefficient (Wildman–Crippen LogP) is 0.734. The average molecular weight is 395 g/mol. The number of nitrogens with one attached hydrogen (secondary N) is 2. The van der Waals surface area contributed by atoms with Crippen molar-refractivity contribution in [1.82, 2.24) is 24.9 Å². The van der Waals surface area contributed by atoms with Gasteiger partial charge in [0.05, 0.1) is 5.69 Å². The van der Waals surface area contributed by atoms with Gasteiger partial charge in [0.25, 0.3) is 12.4 Å². The number of carbonyl (C=O) groups is 3. The average Bonchev–Trinajstić information content (AvgIpc) is 3.29. The first-order valence-corrected chi connectivity index (χ1v) is 9.51. The van der Waals surface area contributed by atoms with Crippen LogP contribution in [0.2, 0.25) is 0 Å². The third kappa shape index (κ3) is 4.83. The number of likely N-dealkylation sites (N-methyl/N-ethyl adjacent to an activating group) is 1. The van der Waals surface area contributed by atoms with Gasteiger partial charge in [0.1, 0.15) is 5.69 Å². The molecule has 0 saturated carbocycles. The Morgan fingerprint density at radius 3 is 2.74 bits per heavy atom. The number of carboxylic acid groups (broad SMARTS) is 1. The summed E-state index contributed by atoms with van der Waals surface area (Å²) in [4.78, 5) is 39.9. The molecular weight excluding hydrogens is 370 g/mol. The molecule has 10 heteroatoms. The number of rotatable bonds is 5. The molecular formula is C17H25N5O4S. The quantitative estimate of drug-likeness (QED) is 0.643. The van der Waals surface area contributed by atoms with Crippen LogP contribution in [-0.4, -0.2) is 70.4 Å². The van der Waals surface area contributed by atoms with E-state index in [9.17, 15) is 9.59 Å². The monoisotopic (exact) mass is 395 g/mol. The fourth-order valence-corrected chi connectivity index (χ4v) is 4.12. The molecule has 0 aromatic carbocycles. The second-order valence-electron chi connectivity index (χ2n) is 6.34. The van der Waals surface area contributed by atoms with Gasteiger partial charge in [-0.15, -0.1) is 11.3 Å². The maximum absolute atomic E-state index is 12.6. The lowest BCUT2D eigenvalue weighted by atomic mass is 10.1. The highest BCUT2D eigenvalue weighted by molar-refractivity contribution is 7.15. The summed E-state index contributed by atoms with van der Waals surface area (Å²) >= 11 is 1.52. The van der Waals surface area contributed by atoms with E-state index < -0.39 is 0 Å². The Kier molecular flexibility index (Phi) is 7.31. The van der Waals surface area contributed by atoms with E-state index in [1.165, 1.54) is 11.3 Å². The number of likely N-dealkylation sites (tertiary alicyclic amines) is 1. The number of aryl methyl sites for hydroxylation is 1. The lowest BCUT2D eigenvalue weighted by Crippen LogP contribution is -2.42. The Hall–Kier alpha value is -2.46. The SMILES string of the molecule is CNC(=O)C[C@H]1CC[C@@H](CNC(=O)c2c(C)nc3sccn23)N1C.O=CO. The third-order valence-electron chi connectivity index (χ3n) is 4.83. The smallest absolute Gasteiger partial charge is 0.290 e. The van der Waals surface area contributed by atoms with E-state index >= 15 is 0 Å². The molecule has 1 fully saturated rings. The zero-order valence-corrected chi connectivity index (χ0v) is 16.5. The van der Waals surface area contributed by atoms with Crippen LogP contribution >= 0.6 is 11.3 Å². The van der Waals surface area contributed by atoms with Crippen LogP contribution in [-0.2, 0) is 9.59 Å². The molecule has 0 radical (unpaired) electrons. The van der Waals surface area contributed by atoms with E-state index in [1.807, 2.05) is 29.9 Å². The molecule has 0 aliphatic carbocycles. The van der Waals surface area contributed by atoms with E-state index in [2.05, 4.69) is 20.5 Å². The van der Waals surface area contributed by atoms with Gasteiger partial charge >= 0.3 is 0 Å². The van der Waals surface area contributed by atoms with Crippen molar-refractivity contribution in [3.8, 4) is 0 Å². The first-order chi connectivity index (χ1) is 12.9. The van der Waals surface area contributed by atoms with Crippen molar-refractivity contribution in [2.24, 2.45) is 0 Å². The summed E-state index contributed by atoms with van der Waals surface area (Å²) < 4.78 is 1.84. The van der Waals surface area contributed by atoms with Gasteiger partial charge in [-0.1, -0.05) is 0 Å². The van der Waals surface area contributed by atoms with Crippen molar-refractivity contribution in [1.29, 1.82) is 0 Å². The first kappa shape index (κ1) is 20.8. The fourth-order valence-electron chi connectivity index (χ4n) is 3.36. The number of imidazole rings is 1. The lowest BCUT2D eigenvalue weighted by Gasteiger charge is -2.25. The number of hydrogen-bond acceptors (Lipinski definition) is 6. The zero-order valence-electron chi connectivity index (χ0n) is 15.6. The molecule has 2 amide bonds. The highest BCUT2D eigenvalue weighted by Gasteiger charge is 2.32. The topological polar surface area (TPSA) is 116 Å². The summed E-state index contributed by atoms with van der Waals surface area (Å²) in [5.41, 5.74) is 1.35. The van der Waals surface area contributed by atoms with Crippen LogP contribution < -0.4 is 10.6 Å². The molecule has 2 aromatic heterocycles. The highest BCUT2D eigenvalue weighted by Crippen LogP contribution is 2.24. The molecule has 148 valence electrons. The van der Waals surface area contributed by atoms with Gasteiger partial charge in [0.2, 0.25) is 5.91 Å². The fraction of sp³-hybridized carbons (Fsp3) is 0.529. The van der Waals surface area contributed by atoms with Gasteiger partial charge < -0.3 is 15.7 Å². The first-order valence-electron chi connectivity index (χ1n) is 8.63. The second kappa shape index (κ2) is 9.47. The van der Waals surface area contributed by atoms with Crippen LogP contribution in [0, 0.1) is 6.92 Å². The Bertz CT molecular complexity index is 802. The van der Waals surface area contributed by atoms with E-state index in [0.29, 0.717) is 18.7 Å². The lowest BCUT2D eigenvalue weighted by molar-refractivity contribution is -0.123. The van der Waals surface area contributed by atoms with Gasteiger partial charge in [-0.25, -0.2) is 4.98 Å². The maximum Gasteiger partial charge on any atom is 0.290 e. The molecule has 0 unspecified atom stereocenters. The minimum Gasteiger partial charge on any atom is -0.483 e. The van der Waals surface area contributed by atoms with Crippen LogP contribution in [0.3, 0.4) is 0 Å². The second-order valence-corrected chi connectivity index (χ2v) is 7.22. The summed E-state index contributed by atoms with van der Waals surface area (Å²) in [5.74, 6) is -0.0344. The molecule has 3 rings (SSSR count). The van der Waals surface area contributed by atoms with Gasteiger partial charge in [-0.3, -0.25) is 23.7 Å². The molecule has 2 atom stereocenters. The van der Waals surface area contributed by atoms with Gasteiger partial charge in [0, 0.05) is 43.7 Å². The van der Waals surface area contributed by atoms with Crippen LogP contribution in [0.5, 0.6) is 0 Å². The predicted molar refractivity (Wildman–Crippen MR) is 102 cm³/mol. The standard InChI is InChI=1S/C16H23N5O2S.CH2O2/c1-10-14(21-6-7-24-16(21)19-10)15(23)18-9-12-5-4-11(20(12)3)8-13(22)17-2;2-1-3/h6-7,11-12H,4-5,8-9H2,1-3H3,(H,17,22)(H,18,23);1H,(H,2,3)/t11-,12+;/m1./s1. The molecule has 1 saturated heterocycles. The number of aromatic nitrogens is 2. The number of carbonyl (C=O) groups excluding carboxylic acids is 2. The molecule has 0 spiro atoms. The normalized spacial score (nSPS) is 19.4. The van der Waals surface area contributed by atoms with Crippen molar-refractivity contribution < 1.29 is 19.5 Å². The summed E-state index contributed by atoms with van der Waals surface area (Å²) in [5, 5.41) is 14.5. The molecule has 3 heterocycles. The summed E-state index contributed by atoms with van der Waals surface area (Å²) in [7, 11) is 3.69. The number of fused-ring (bicyclic) bond motifs is 1. The van der Waals surface area contributed by atoms with Crippen molar-refractivity contribution in [2.45, 2.75) is 38.3 Å². The highest BCUT2D eigenvalue weighted by atomic mass is 32.1. The molecule has 1 aliphatic rings. The summed E-state index contributed by atoms with van der Waals surface area (Å²) in [6.07, 6.45) is 4.34. The van der Waals surface area contributed by atoms with Crippen molar-refractivity contribution in [2.75, 3.05) is 20.6 Å². The van der Waals surface area contributed by atoms with Gasteiger partial charge in [0.15, 0.2) is 4.96 Å². The van der Waals surface area contributed by atoms with Crippen molar-refractivity contribution >= 4 is 34.6 Å². The summed E-state index contributed by atoms with van der Waals surface area (Å²) in [6.45, 7) is 2.19. The number of thiazole rings is 1. The van der Waals surface area contributed by atoms with Gasteiger partial charge in [-0.05, 0) is 26.8 Å². The van der Waals surface area contributed by atoms with Gasteiger partial charge in [-0.2, -0.15) is 0 Å². The number of nitrogens with zero attached hydrogens (tertiary/aromatic N) is 3. The van der Waals surface area contributed by atoms with Crippen molar-refractivity contribution in [3.63, 3.8) is 0 Å². The Morgan fingerprint density at radius 2 is 2.07 bits per heavy atom. The van der Waals surface area contributed by atoms with Crippen LogP contribution in [0.4, 0.5) is 0 Å². The van der Waals surface area contributed by atoms with Crippen LogP contribution in [0.1, 0.15) is 35.4 Å². The third-order valence-corrected chi connectivity index (χ3v) is 5.59. The molecule has 27 heavy (non-hydrogen) atoms. The zero-order chi connectivity index (χ0) is 20.0. The molecule has 3 N–H and O–H groups in total. The summed E-state index contributed by atoms with van der Waals surface area (Å²) in [6, 6.07) is 0.502. The number of amides is 2. The number of hydrogen-bond donors (Lipinski definition) is 3. The van der Waals surface area contributed by atoms with Crippen LogP contribution in [0.25, 0.3) is 4.96 Å². The Morgan fingerprint density at radius 1 is 1.41 bits per heavy atom. The maximum atomic E-state index is 12.6. The largest absolute Gasteiger partial charge is 0.483 e. The van der Waals surface area contributed by atoms with Crippen LogP contribution in [0.15, 0.2) is 11.6 Å². The molecule has 1 aliphatic heterocycles. The Balaban J connectivity index is 0.000000817. The molecule has 0 bridgehead atoms. The van der Waals surface area contributed by atoms with E-state index in [0.717, 1.165) is 23.5 Å². The van der Waals surface area contributed by atoms with E-state index in [1.54, 1.807) is 7.05 Å².